The van der Waals surface area contributed by atoms with Crippen molar-refractivity contribution in [2.24, 2.45) is 0 Å². The molecule has 4 heteroatoms. The SMILES string of the molecule is c1cc2ccc3c4cc5sc6c(ccc7ccsc76)c5cc4sc3c2s1. The second kappa shape index (κ2) is 4.84. The fourth-order valence-corrected chi connectivity index (χ4v) is 8.58. The maximum Gasteiger partial charge on any atom is 0.0533 e. The number of thiophene rings is 4. The van der Waals surface area contributed by atoms with Gasteiger partial charge in [0, 0.05) is 30.9 Å². The molecule has 0 amide bonds. The molecule has 0 spiro atoms. The number of fused-ring (bicyclic) bond motifs is 10. The predicted molar refractivity (Wildman–Crippen MR) is 123 cm³/mol. The summed E-state index contributed by atoms with van der Waals surface area (Å²) in [6.45, 7) is 0. The van der Waals surface area contributed by atoms with Gasteiger partial charge in [-0.15, -0.1) is 45.3 Å². The Balaban J connectivity index is 1.69. The first-order chi connectivity index (χ1) is 12.9. The summed E-state index contributed by atoms with van der Waals surface area (Å²) in [5, 5.41) is 12.7. The fraction of sp³-hybridized carbons (Fsp3) is 0. The molecule has 122 valence electrons. The normalized spacial score (nSPS) is 12.6. The summed E-state index contributed by atoms with van der Waals surface area (Å²) in [5.74, 6) is 0. The van der Waals surface area contributed by atoms with E-state index in [9.17, 15) is 0 Å². The molecule has 0 aliphatic heterocycles. The van der Waals surface area contributed by atoms with Crippen LogP contribution in [0.25, 0.3) is 60.5 Å². The van der Waals surface area contributed by atoms with Crippen molar-refractivity contribution in [2.45, 2.75) is 0 Å². The Hall–Kier alpha value is -1.98. The minimum Gasteiger partial charge on any atom is -0.142 e. The molecule has 4 heterocycles. The maximum atomic E-state index is 2.42. The summed E-state index contributed by atoms with van der Waals surface area (Å²) in [4.78, 5) is 0. The highest BCUT2D eigenvalue weighted by Crippen LogP contribution is 2.46. The van der Waals surface area contributed by atoms with Crippen molar-refractivity contribution in [1.82, 2.24) is 0 Å². The topological polar surface area (TPSA) is 0 Å². The molecule has 0 atom stereocenters. The fourth-order valence-electron chi connectivity index (χ4n) is 4.01. The van der Waals surface area contributed by atoms with Gasteiger partial charge in [0.25, 0.3) is 0 Å². The molecule has 7 rings (SSSR count). The lowest BCUT2D eigenvalue weighted by Crippen LogP contribution is -1.69. The molecule has 0 N–H and O–H groups in total. The molecule has 0 aliphatic carbocycles. The third-order valence-electron chi connectivity index (χ3n) is 5.24. The van der Waals surface area contributed by atoms with Crippen LogP contribution < -0.4 is 0 Å². The first kappa shape index (κ1) is 14.1. The molecule has 7 aromatic rings. The third-order valence-corrected chi connectivity index (χ3v) is 9.76. The molecule has 0 radical (unpaired) electrons. The molecule has 0 saturated heterocycles. The maximum absolute atomic E-state index is 2.42. The average molecular weight is 403 g/mol. The van der Waals surface area contributed by atoms with Gasteiger partial charge in [0.1, 0.15) is 0 Å². The van der Waals surface area contributed by atoms with Crippen LogP contribution in [0.5, 0.6) is 0 Å². The van der Waals surface area contributed by atoms with Crippen LogP contribution in [0.1, 0.15) is 0 Å². The second-order valence-electron chi connectivity index (χ2n) is 6.61. The first-order valence-electron chi connectivity index (χ1n) is 8.42. The van der Waals surface area contributed by atoms with Crippen molar-refractivity contribution in [3.63, 3.8) is 0 Å². The molecule has 4 aromatic heterocycles. The Morgan fingerprint density at radius 1 is 0.462 bits per heavy atom. The van der Waals surface area contributed by atoms with E-state index in [2.05, 4.69) is 59.3 Å². The van der Waals surface area contributed by atoms with E-state index < -0.39 is 0 Å². The zero-order chi connectivity index (χ0) is 16.8. The Bertz CT molecular complexity index is 1510. The average Bonchev–Trinajstić information content (AvgIpc) is 3.41. The molecule has 0 unspecified atom stereocenters. The molecule has 0 bridgehead atoms. The van der Waals surface area contributed by atoms with Gasteiger partial charge in [-0.3, -0.25) is 0 Å². The van der Waals surface area contributed by atoms with Gasteiger partial charge in [-0.05, 0) is 45.8 Å². The predicted octanol–water partition coefficient (Wildman–Crippen LogP) is 8.85. The van der Waals surface area contributed by atoms with Crippen LogP contribution in [-0.4, -0.2) is 0 Å². The van der Waals surface area contributed by atoms with E-state index >= 15 is 0 Å². The summed E-state index contributed by atoms with van der Waals surface area (Å²) in [6, 6.07) is 18.4. The lowest BCUT2D eigenvalue weighted by molar-refractivity contribution is 1.98. The van der Waals surface area contributed by atoms with Crippen LogP contribution >= 0.6 is 45.3 Å². The summed E-state index contributed by atoms with van der Waals surface area (Å²) in [7, 11) is 0. The molecule has 26 heavy (non-hydrogen) atoms. The quantitative estimate of drug-likeness (QED) is 0.238. The molecule has 0 fully saturated rings. The number of benzene rings is 3. The van der Waals surface area contributed by atoms with Crippen molar-refractivity contribution in [2.75, 3.05) is 0 Å². The van der Waals surface area contributed by atoms with E-state index in [1.54, 1.807) is 0 Å². The van der Waals surface area contributed by atoms with Crippen LogP contribution in [0, 0.1) is 0 Å². The largest absolute Gasteiger partial charge is 0.142 e. The van der Waals surface area contributed by atoms with Gasteiger partial charge in [0.05, 0.1) is 18.8 Å². The van der Waals surface area contributed by atoms with Crippen LogP contribution in [-0.2, 0) is 0 Å². The zero-order valence-electron chi connectivity index (χ0n) is 13.4. The van der Waals surface area contributed by atoms with Crippen molar-refractivity contribution >= 4 is 106 Å². The summed E-state index contributed by atoms with van der Waals surface area (Å²) in [6.07, 6.45) is 0. The van der Waals surface area contributed by atoms with Crippen molar-refractivity contribution < 1.29 is 0 Å². The monoisotopic (exact) mass is 402 g/mol. The molecular formula is C22H10S4. The third kappa shape index (κ3) is 1.68. The number of rotatable bonds is 0. The van der Waals surface area contributed by atoms with Crippen LogP contribution in [0.15, 0.2) is 59.3 Å². The van der Waals surface area contributed by atoms with Gasteiger partial charge in [0.2, 0.25) is 0 Å². The van der Waals surface area contributed by atoms with Crippen molar-refractivity contribution in [3.8, 4) is 0 Å². The molecule has 0 nitrogen and oxygen atoms in total. The summed E-state index contributed by atoms with van der Waals surface area (Å²) >= 11 is 7.61. The van der Waals surface area contributed by atoms with Gasteiger partial charge in [0.15, 0.2) is 0 Å². The lowest BCUT2D eigenvalue weighted by atomic mass is 10.1. The smallest absolute Gasteiger partial charge is 0.0533 e. The zero-order valence-corrected chi connectivity index (χ0v) is 16.7. The minimum atomic E-state index is 1.36. The van der Waals surface area contributed by atoms with Crippen molar-refractivity contribution in [3.05, 3.63) is 59.3 Å². The first-order valence-corrected chi connectivity index (χ1v) is 11.8. The van der Waals surface area contributed by atoms with Gasteiger partial charge in [-0.2, -0.15) is 0 Å². The van der Waals surface area contributed by atoms with E-state index in [1.165, 1.54) is 60.5 Å². The van der Waals surface area contributed by atoms with Gasteiger partial charge in [-0.25, -0.2) is 0 Å². The van der Waals surface area contributed by atoms with Crippen LogP contribution in [0.4, 0.5) is 0 Å². The Morgan fingerprint density at radius 3 is 1.46 bits per heavy atom. The van der Waals surface area contributed by atoms with Crippen LogP contribution in [0.2, 0.25) is 0 Å². The lowest BCUT2D eigenvalue weighted by Gasteiger charge is -1.95. The summed E-state index contributed by atoms with van der Waals surface area (Å²) in [5.41, 5.74) is 0. The van der Waals surface area contributed by atoms with E-state index in [1.807, 2.05) is 45.3 Å². The molecule has 0 saturated carbocycles. The highest BCUT2D eigenvalue weighted by molar-refractivity contribution is 7.32. The highest BCUT2D eigenvalue weighted by Gasteiger charge is 2.14. The van der Waals surface area contributed by atoms with E-state index in [-0.39, 0.29) is 0 Å². The standard InChI is InChI=1S/C22H10S4/c1-3-13-15-9-18-16(10-17(15)25-21(13)19-11(1)5-7-23-19)14-4-2-12-6-8-24-20(12)22(14)26-18/h1-10H. The molecule has 0 aliphatic rings. The Labute approximate surface area is 164 Å². The van der Waals surface area contributed by atoms with Gasteiger partial charge < -0.3 is 0 Å². The van der Waals surface area contributed by atoms with Gasteiger partial charge in [-0.1, -0.05) is 24.3 Å². The van der Waals surface area contributed by atoms with Gasteiger partial charge >= 0.3 is 0 Å². The van der Waals surface area contributed by atoms with Crippen LogP contribution in [0.3, 0.4) is 0 Å². The highest BCUT2D eigenvalue weighted by atomic mass is 32.1. The Kier molecular flexibility index (Phi) is 2.63. The second-order valence-corrected chi connectivity index (χ2v) is 10.5. The van der Waals surface area contributed by atoms with Crippen molar-refractivity contribution in [1.29, 1.82) is 0 Å². The summed E-state index contributed by atoms with van der Waals surface area (Å²) < 4.78 is 8.54. The Morgan fingerprint density at radius 2 is 0.962 bits per heavy atom. The number of hydrogen-bond donors (Lipinski definition) is 0. The minimum absolute atomic E-state index is 1.36. The molecular weight excluding hydrogens is 393 g/mol. The van der Waals surface area contributed by atoms with E-state index in [4.69, 9.17) is 0 Å². The van der Waals surface area contributed by atoms with E-state index in [0.29, 0.717) is 0 Å². The number of hydrogen-bond acceptors (Lipinski definition) is 4. The van der Waals surface area contributed by atoms with E-state index in [0.717, 1.165) is 0 Å². The molecule has 3 aromatic carbocycles.